The Morgan fingerprint density at radius 1 is 1.23 bits per heavy atom. The summed E-state index contributed by atoms with van der Waals surface area (Å²) in [5.41, 5.74) is 2.44. The highest BCUT2D eigenvalue weighted by atomic mass is 32.2. The van der Waals surface area contributed by atoms with Gasteiger partial charge in [-0.25, -0.2) is 13.2 Å². The van der Waals surface area contributed by atoms with Gasteiger partial charge in [-0.1, -0.05) is 29.8 Å². The molecule has 1 aromatic carbocycles. The molecular formula is C15H17NO4S2. The van der Waals surface area contributed by atoms with Crippen molar-refractivity contribution in [1.29, 1.82) is 0 Å². The van der Waals surface area contributed by atoms with Gasteiger partial charge in [0.2, 0.25) is 0 Å². The van der Waals surface area contributed by atoms with E-state index >= 15 is 0 Å². The van der Waals surface area contributed by atoms with Crippen LogP contribution < -0.4 is 0 Å². The lowest BCUT2D eigenvalue weighted by molar-refractivity contribution is 0.0701. The molecule has 1 N–H and O–H groups in total. The summed E-state index contributed by atoms with van der Waals surface area (Å²) in [6.45, 7) is 3.80. The number of rotatable bonds is 5. The maximum absolute atomic E-state index is 12.5. The van der Waals surface area contributed by atoms with Crippen molar-refractivity contribution in [3.8, 4) is 0 Å². The minimum absolute atomic E-state index is 0.0528. The molecular weight excluding hydrogens is 322 g/mol. The van der Waals surface area contributed by atoms with E-state index in [2.05, 4.69) is 0 Å². The highest BCUT2D eigenvalue weighted by Gasteiger charge is 2.25. The van der Waals surface area contributed by atoms with E-state index in [0.29, 0.717) is 5.56 Å². The molecule has 0 saturated heterocycles. The molecule has 0 amide bonds. The average Bonchev–Trinajstić information content (AvgIpc) is 2.84. The van der Waals surface area contributed by atoms with E-state index in [1.165, 1.54) is 17.4 Å². The molecule has 0 aliphatic carbocycles. The van der Waals surface area contributed by atoms with E-state index in [9.17, 15) is 13.2 Å². The molecule has 0 aliphatic heterocycles. The summed E-state index contributed by atoms with van der Waals surface area (Å²) in [5.74, 6) is -1.11. The summed E-state index contributed by atoms with van der Waals surface area (Å²) in [6, 6.07) is 9.02. The fraction of sp³-hybridized carbons (Fsp3) is 0.267. The number of carbonyl (C=O) groups is 1. The van der Waals surface area contributed by atoms with Gasteiger partial charge in [-0.2, -0.15) is 4.31 Å². The third-order valence-corrected chi connectivity index (χ3v) is 6.76. The van der Waals surface area contributed by atoms with Gasteiger partial charge >= 0.3 is 5.97 Å². The van der Waals surface area contributed by atoms with Gasteiger partial charge in [0.1, 0.15) is 9.09 Å². The van der Waals surface area contributed by atoms with Gasteiger partial charge in [0, 0.05) is 13.6 Å². The zero-order valence-corrected chi connectivity index (χ0v) is 14.2. The molecule has 0 fully saturated rings. The number of carboxylic acid groups (broad SMARTS) is 1. The Hall–Kier alpha value is -1.70. The molecule has 0 aliphatic rings. The molecule has 0 radical (unpaired) electrons. The highest BCUT2D eigenvalue weighted by molar-refractivity contribution is 7.91. The minimum Gasteiger partial charge on any atom is -0.477 e. The zero-order valence-electron chi connectivity index (χ0n) is 12.5. The van der Waals surface area contributed by atoms with Gasteiger partial charge in [0.15, 0.2) is 0 Å². The lowest BCUT2D eigenvalue weighted by Gasteiger charge is -2.16. The number of benzene rings is 1. The summed E-state index contributed by atoms with van der Waals surface area (Å²) in [7, 11) is -2.20. The Morgan fingerprint density at radius 3 is 2.32 bits per heavy atom. The standard InChI is InChI=1S/C15H17NO4S2/c1-10-4-6-12(7-5-10)9-16(3)22(19,20)13-8-11(2)14(21-13)15(17)18/h4-8H,9H2,1-3H3,(H,17,18). The Balaban J connectivity index is 2.27. The molecule has 2 aromatic rings. The zero-order chi connectivity index (χ0) is 16.5. The van der Waals surface area contributed by atoms with E-state index in [0.717, 1.165) is 22.5 Å². The smallest absolute Gasteiger partial charge is 0.346 e. The summed E-state index contributed by atoms with van der Waals surface area (Å²) in [4.78, 5) is 11.1. The first-order valence-electron chi connectivity index (χ1n) is 6.57. The van der Waals surface area contributed by atoms with Crippen LogP contribution in [0.5, 0.6) is 0 Å². The number of thiophene rings is 1. The molecule has 1 heterocycles. The van der Waals surface area contributed by atoms with Crippen LogP contribution in [-0.2, 0) is 16.6 Å². The molecule has 0 saturated carbocycles. The van der Waals surface area contributed by atoms with Crippen LogP contribution in [0.1, 0.15) is 26.4 Å². The monoisotopic (exact) mass is 339 g/mol. The van der Waals surface area contributed by atoms with Crippen LogP contribution in [0.3, 0.4) is 0 Å². The van der Waals surface area contributed by atoms with Crippen LogP contribution in [0.2, 0.25) is 0 Å². The van der Waals surface area contributed by atoms with Crippen LogP contribution >= 0.6 is 11.3 Å². The topological polar surface area (TPSA) is 74.7 Å². The van der Waals surface area contributed by atoms with E-state index in [4.69, 9.17) is 5.11 Å². The summed E-state index contributed by atoms with van der Waals surface area (Å²) in [6.07, 6.45) is 0. The minimum atomic E-state index is -3.69. The summed E-state index contributed by atoms with van der Waals surface area (Å²) >= 11 is 0.787. The van der Waals surface area contributed by atoms with Crippen LogP contribution in [0, 0.1) is 13.8 Å². The van der Waals surface area contributed by atoms with Crippen molar-refractivity contribution in [2.45, 2.75) is 24.6 Å². The van der Waals surface area contributed by atoms with Crippen LogP contribution in [-0.4, -0.2) is 30.8 Å². The van der Waals surface area contributed by atoms with Crippen molar-refractivity contribution in [2.75, 3.05) is 7.05 Å². The van der Waals surface area contributed by atoms with E-state index < -0.39 is 16.0 Å². The van der Waals surface area contributed by atoms with Crippen molar-refractivity contribution >= 4 is 27.3 Å². The van der Waals surface area contributed by atoms with Gasteiger partial charge < -0.3 is 5.11 Å². The van der Waals surface area contributed by atoms with Crippen molar-refractivity contribution in [3.05, 3.63) is 51.9 Å². The largest absolute Gasteiger partial charge is 0.477 e. The number of carboxylic acids is 1. The number of aromatic carboxylic acids is 1. The molecule has 22 heavy (non-hydrogen) atoms. The normalized spacial score (nSPS) is 11.8. The Labute approximate surface area is 133 Å². The molecule has 5 nitrogen and oxygen atoms in total. The molecule has 0 unspecified atom stereocenters. The summed E-state index contributed by atoms with van der Waals surface area (Å²) in [5, 5.41) is 9.05. The molecule has 7 heteroatoms. The Kier molecular flexibility index (Phi) is 4.69. The SMILES string of the molecule is Cc1ccc(CN(C)S(=O)(=O)c2cc(C)c(C(=O)O)s2)cc1. The summed E-state index contributed by atoms with van der Waals surface area (Å²) < 4.78 is 26.4. The van der Waals surface area contributed by atoms with E-state index in [-0.39, 0.29) is 15.6 Å². The second-order valence-electron chi connectivity index (χ2n) is 5.13. The van der Waals surface area contributed by atoms with Crippen LogP contribution in [0.25, 0.3) is 0 Å². The van der Waals surface area contributed by atoms with Crippen molar-refractivity contribution < 1.29 is 18.3 Å². The van der Waals surface area contributed by atoms with Gasteiger partial charge in [0.25, 0.3) is 10.0 Å². The lowest BCUT2D eigenvalue weighted by Crippen LogP contribution is -2.25. The number of nitrogens with zero attached hydrogens (tertiary/aromatic N) is 1. The van der Waals surface area contributed by atoms with Crippen molar-refractivity contribution in [1.82, 2.24) is 4.31 Å². The maximum Gasteiger partial charge on any atom is 0.346 e. The maximum atomic E-state index is 12.5. The van der Waals surface area contributed by atoms with Gasteiger partial charge in [-0.15, -0.1) is 11.3 Å². The molecule has 118 valence electrons. The van der Waals surface area contributed by atoms with Crippen molar-refractivity contribution in [3.63, 3.8) is 0 Å². The predicted molar refractivity (Wildman–Crippen MR) is 85.8 cm³/mol. The quantitative estimate of drug-likeness (QED) is 0.909. The first kappa shape index (κ1) is 16.7. The van der Waals surface area contributed by atoms with E-state index in [1.807, 2.05) is 31.2 Å². The van der Waals surface area contributed by atoms with E-state index in [1.54, 1.807) is 6.92 Å². The van der Waals surface area contributed by atoms with Gasteiger partial charge in [0.05, 0.1) is 0 Å². The van der Waals surface area contributed by atoms with Crippen molar-refractivity contribution in [2.24, 2.45) is 0 Å². The second kappa shape index (κ2) is 6.20. The fourth-order valence-corrected chi connectivity index (χ4v) is 4.73. The van der Waals surface area contributed by atoms with Crippen LogP contribution in [0.15, 0.2) is 34.5 Å². The van der Waals surface area contributed by atoms with Gasteiger partial charge in [-0.3, -0.25) is 0 Å². The van der Waals surface area contributed by atoms with Crippen LogP contribution in [0.4, 0.5) is 0 Å². The predicted octanol–water partition coefficient (Wildman–Crippen LogP) is 2.88. The number of hydrogen-bond acceptors (Lipinski definition) is 4. The number of sulfonamides is 1. The first-order chi connectivity index (χ1) is 10.2. The van der Waals surface area contributed by atoms with Gasteiger partial charge in [-0.05, 0) is 31.0 Å². The Morgan fingerprint density at radius 2 is 1.82 bits per heavy atom. The molecule has 0 bridgehead atoms. The molecule has 0 spiro atoms. The average molecular weight is 339 g/mol. The first-order valence-corrected chi connectivity index (χ1v) is 8.83. The molecule has 2 rings (SSSR count). The highest BCUT2D eigenvalue weighted by Crippen LogP contribution is 2.28. The number of aryl methyl sites for hydroxylation is 2. The Bertz CT molecular complexity index is 791. The lowest BCUT2D eigenvalue weighted by atomic mass is 10.1. The third kappa shape index (κ3) is 3.37. The second-order valence-corrected chi connectivity index (χ2v) is 8.45. The molecule has 0 atom stereocenters. The third-order valence-electron chi connectivity index (χ3n) is 3.28. The number of hydrogen-bond donors (Lipinski definition) is 1. The fourth-order valence-electron chi connectivity index (χ4n) is 1.98. The molecule has 1 aromatic heterocycles.